The van der Waals surface area contributed by atoms with Gasteiger partial charge in [-0.3, -0.25) is 0 Å². The van der Waals surface area contributed by atoms with Crippen molar-refractivity contribution < 1.29 is 0 Å². The van der Waals surface area contributed by atoms with Gasteiger partial charge in [-0.15, -0.1) is 11.1 Å². The average molecular weight is 416 g/mol. The van der Waals surface area contributed by atoms with E-state index >= 15 is 0 Å². The van der Waals surface area contributed by atoms with Crippen molar-refractivity contribution in [2.45, 2.75) is 0 Å². The molecule has 0 saturated carbocycles. The molecule has 0 atom stereocenters. The maximum Gasteiger partial charge on any atom is 0.283 e. The fraction of sp³-hybridized carbons (Fsp3) is 0. The highest BCUT2D eigenvalue weighted by atomic mass is 35.6. The molecule has 0 aromatic heterocycles. The summed E-state index contributed by atoms with van der Waals surface area (Å²) in [5.41, 5.74) is 0. The van der Waals surface area contributed by atoms with E-state index in [1.807, 2.05) is 12.1 Å². The van der Waals surface area contributed by atoms with Crippen molar-refractivity contribution in [3.63, 3.8) is 0 Å². The van der Waals surface area contributed by atoms with Gasteiger partial charge < -0.3 is 4.65 Å². The van der Waals surface area contributed by atoms with Crippen molar-refractivity contribution in [3.8, 4) is 0 Å². The van der Waals surface area contributed by atoms with Crippen LogP contribution in [0.1, 0.15) is 0 Å². The molecule has 0 aliphatic carbocycles. The van der Waals surface area contributed by atoms with Crippen LogP contribution in [0.4, 0.5) is 0 Å². The summed E-state index contributed by atoms with van der Waals surface area (Å²) in [6.45, 7) is 0. The summed E-state index contributed by atoms with van der Waals surface area (Å²) >= 11 is 7.55. The Morgan fingerprint density at radius 1 is 0.500 bits per heavy atom. The van der Waals surface area contributed by atoms with Crippen LogP contribution in [0.15, 0.2) is 121 Å². The first-order valence-corrected chi connectivity index (χ1v) is 14.2. The molecule has 4 aromatic carbocycles. The molecule has 0 saturated heterocycles. The minimum Gasteiger partial charge on any atom is -0.336 e. The molecule has 0 spiro atoms. The van der Waals surface area contributed by atoms with Crippen LogP contribution in [0.2, 0.25) is 0 Å². The molecule has 138 valence electrons. The van der Waals surface area contributed by atoms with Gasteiger partial charge in [-0.1, -0.05) is 121 Å². The highest BCUT2D eigenvalue weighted by Gasteiger charge is 2.39. The van der Waals surface area contributed by atoms with Gasteiger partial charge in [-0.2, -0.15) is 0 Å². The SMILES string of the molecule is Cl[Si](N[SiH](c1ccccc1)c1ccccc1)(c1ccccc1)c1ccccc1. The van der Waals surface area contributed by atoms with Crippen molar-refractivity contribution in [1.29, 1.82) is 0 Å². The van der Waals surface area contributed by atoms with Gasteiger partial charge in [0.15, 0.2) is 8.96 Å². The third-order valence-electron chi connectivity index (χ3n) is 4.95. The Balaban J connectivity index is 1.84. The molecule has 1 N–H and O–H groups in total. The quantitative estimate of drug-likeness (QED) is 0.377. The van der Waals surface area contributed by atoms with Crippen LogP contribution < -0.4 is 25.4 Å². The molecule has 0 aliphatic rings. The second-order valence-electron chi connectivity index (χ2n) is 6.79. The Morgan fingerprint density at radius 3 is 1.18 bits per heavy atom. The van der Waals surface area contributed by atoms with E-state index in [0.717, 1.165) is 0 Å². The van der Waals surface area contributed by atoms with E-state index in [0.29, 0.717) is 0 Å². The molecule has 0 unspecified atom stereocenters. The van der Waals surface area contributed by atoms with E-state index in [9.17, 15) is 0 Å². The van der Waals surface area contributed by atoms with Gasteiger partial charge in [0.25, 0.3) is 7.55 Å². The predicted molar refractivity (Wildman–Crippen MR) is 126 cm³/mol. The van der Waals surface area contributed by atoms with Gasteiger partial charge in [0.2, 0.25) is 0 Å². The minimum atomic E-state index is -2.65. The molecule has 0 heterocycles. The van der Waals surface area contributed by atoms with Crippen molar-refractivity contribution in [2.24, 2.45) is 0 Å². The largest absolute Gasteiger partial charge is 0.336 e. The smallest absolute Gasteiger partial charge is 0.283 e. The van der Waals surface area contributed by atoms with Gasteiger partial charge in [-0.25, -0.2) is 0 Å². The minimum absolute atomic E-state index is 1.19. The van der Waals surface area contributed by atoms with E-state index in [-0.39, 0.29) is 0 Å². The zero-order valence-electron chi connectivity index (χ0n) is 15.5. The fourth-order valence-electron chi connectivity index (χ4n) is 3.52. The summed E-state index contributed by atoms with van der Waals surface area (Å²) in [4.78, 5) is 0. The number of hydrogen-bond donors (Lipinski definition) is 1. The molecular formula is C24H22ClNSi2. The van der Waals surface area contributed by atoms with Crippen LogP contribution in [0.3, 0.4) is 0 Å². The lowest BCUT2D eigenvalue weighted by molar-refractivity contribution is 1.48. The standard InChI is InChI=1S/C24H22ClNSi2/c25-28(23-17-9-3-10-18-23,24-19-11-4-12-20-24)26-27(21-13-5-1-6-14-21)22-15-7-2-8-16-22/h1-20,26-27H. The van der Waals surface area contributed by atoms with Crippen LogP contribution in [0.5, 0.6) is 0 Å². The van der Waals surface area contributed by atoms with Crippen LogP contribution in [-0.4, -0.2) is 16.5 Å². The molecule has 0 fully saturated rings. The Kier molecular flexibility index (Phi) is 5.88. The average Bonchev–Trinajstić information content (AvgIpc) is 2.80. The Morgan fingerprint density at radius 2 is 0.821 bits per heavy atom. The third kappa shape index (κ3) is 4.03. The monoisotopic (exact) mass is 415 g/mol. The Labute approximate surface area is 174 Å². The van der Waals surface area contributed by atoms with Crippen molar-refractivity contribution in [3.05, 3.63) is 121 Å². The summed E-state index contributed by atoms with van der Waals surface area (Å²) in [6, 6.07) is 42.5. The third-order valence-corrected chi connectivity index (χ3v) is 14.4. The molecule has 0 radical (unpaired) electrons. The van der Waals surface area contributed by atoms with Crippen LogP contribution in [-0.2, 0) is 0 Å². The summed E-state index contributed by atoms with van der Waals surface area (Å²) < 4.78 is 4.04. The number of hydrogen-bond acceptors (Lipinski definition) is 1. The second-order valence-corrected chi connectivity index (χ2v) is 14.3. The Hall–Kier alpha value is -2.44. The molecule has 0 amide bonds. The topological polar surface area (TPSA) is 12.0 Å². The summed E-state index contributed by atoms with van der Waals surface area (Å²) in [5.74, 6) is 0. The first kappa shape index (κ1) is 18.9. The van der Waals surface area contributed by atoms with Gasteiger partial charge in [0.05, 0.1) is 0 Å². The zero-order valence-corrected chi connectivity index (χ0v) is 18.4. The highest BCUT2D eigenvalue weighted by Crippen LogP contribution is 2.09. The van der Waals surface area contributed by atoms with E-state index in [2.05, 4.69) is 114 Å². The molecule has 4 rings (SSSR count). The molecule has 0 bridgehead atoms. The van der Waals surface area contributed by atoms with E-state index < -0.39 is 16.5 Å². The van der Waals surface area contributed by atoms with E-state index in [1.54, 1.807) is 0 Å². The second kappa shape index (κ2) is 8.71. The molecule has 28 heavy (non-hydrogen) atoms. The first-order chi connectivity index (χ1) is 13.8. The van der Waals surface area contributed by atoms with Gasteiger partial charge in [0, 0.05) is 0 Å². The van der Waals surface area contributed by atoms with E-state index in [4.69, 9.17) is 11.1 Å². The van der Waals surface area contributed by atoms with Crippen molar-refractivity contribution >= 4 is 48.3 Å². The molecule has 0 aliphatic heterocycles. The normalized spacial score (nSPS) is 11.5. The molecule has 4 heteroatoms. The van der Waals surface area contributed by atoms with Crippen molar-refractivity contribution in [1.82, 2.24) is 4.65 Å². The predicted octanol–water partition coefficient (Wildman–Crippen LogP) is 2.61. The zero-order chi connectivity index (χ0) is 19.2. The molecular weight excluding hydrogens is 394 g/mol. The van der Waals surface area contributed by atoms with Gasteiger partial charge >= 0.3 is 0 Å². The molecule has 4 aromatic rings. The Bertz CT molecular complexity index is 917. The lowest BCUT2D eigenvalue weighted by atomic mass is 10.4. The maximum atomic E-state index is 7.55. The van der Waals surface area contributed by atoms with Crippen molar-refractivity contribution in [2.75, 3.05) is 0 Å². The summed E-state index contributed by atoms with van der Waals surface area (Å²) in [6.07, 6.45) is 0. The lowest BCUT2D eigenvalue weighted by Gasteiger charge is -2.32. The van der Waals surface area contributed by atoms with Crippen LogP contribution in [0, 0.1) is 0 Å². The van der Waals surface area contributed by atoms with Gasteiger partial charge in [0.1, 0.15) is 0 Å². The fourth-order valence-corrected chi connectivity index (χ4v) is 12.7. The molecule has 1 nitrogen and oxygen atoms in total. The first-order valence-electron chi connectivity index (χ1n) is 9.45. The van der Waals surface area contributed by atoms with Crippen LogP contribution >= 0.6 is 11.1 Å². The summed E-state index contributed by atoms with van der Waals surface area (Å²) in [7, 11) is -4.38. The lowest BCUT2D eigenvalue weighted by Crippen LogP contribution is -2.73. The van der Waals surface area contributed by atoms with Crippen LogP contribution in [0.25, 0.3) is 0 Å². The number of halogens is 1. The number of rotatable bonds is 6. The van der Waals surface area contributed by atoms with Gasteiger partial charge in [-0.05, 0) is 20.7 Å². The van der Waals surface area contributed by atoms with E-state index in [1.165, 1.54) is 20.7 Å². The maximum absolute atomic E-state index is 7.55. The number of benzene rings is 4. The number of nitrogens with one attached hydrogen (secondary N) is 1. The summed E-state index contributed by atoms with van der Waals surface area (Å²) in [5, 5.41) is 5.07. The highest BCUT2D eigenvalue weighted by molar-refractivity contribution is 7.35.